The fourth-order valence-electron chi connectivity index (χ4n) is 1.89. The lowest BCUT2D eigenvalue weighted by atomic mass is 10.2. The highest BCUT2D eigenvalue weighted by Crippen LogP contribution is 2.33. The number of esters is 1. The van der Waals surface area contributed by atoms with Gasteiger partial charge in [0.15, 0.2) is 9.84 Å². The first-order valence-electron chi connectivity index (χ1n) is 6.49. The van der Waals surface area contributed by atoms with E-state index in [0.29, 0.717) is 5.92 Å². The molecule has 0 radical (unpaired) electrons. The molecule has 1 rings (SSSR count). The Kier molecular flexibility index (Phi) is 6.08. The zero-order valence-electron chi connectivity index (χ0n) is 11.1. The fourth-order valence-corrected chi connectivity index (χ4v) is 3.47. The van der Waals surface area contributed by atoms with Crippen LogP contribution >= 0.6 is 0 Å². The number of hydrogen-bond donors (Lipinski definition) is 1. The molecule has 1 unspecified atom stereocenters. The minimum Gasteiger partial charge on any atom is -0.469 e. The van der Waals surface area contributed by atoms with Crippen LogP contribution in [-0.4, -0.2) is 45.6 Å². The van der Waals surface area contributed by atoms with E-state index >= 15 is 0 Å². The molecule has 0 aromatic carbocycles. The Bertz CT molecular complexity index is 362. The molecule has 1 fully saturated rings. The minimum atomic E-state index is -3.18. The molecule has 0 spiro atoms. The van der Waals surface area contributed by atoms with Crippen molar-refractivity contribution in [2.75, 3.05) is 25.2 Å². The van der Waals surface area contributed by atoms with Crippen molar-refractivity contribution < 1.29 is 17.9 Å². The van der Waals surface area contributed by atoms with Crippen LogP contribution in [0.5, 0.6) is 0 Å². The van der Waals surface area contributed by atoms with E-state index in [9.17, 15) is 13.2 Å². The maximum absolute atomic E-state index is 11.9. The number of methoxy groups -OCH3 is 1. The topological polar surface area (TPSA) is 72.5 Å². The lowest BCUT2D eigenvalue weighted by Crippen LogP contribution is -2.38. The monoisotopic (exact) mass is 277 g/mol. The number of carbonyl (C=O) groups excluding carboxylic acids is 1. The van der Waals surface area contributed by atoms with Gasteiger partial charge in [0, 0.05) is 6.04 Å². The molecule has 18 heavy (non-hydrogen) atoms. The largest absolute Gasteiger partial charge is 0.469 e. The second kappa shape index (κ2) is 7.09. The van der Waals surface area contributed by atoms with E-state index in [1.54, 1.807) is 0 Å². The van der Waals surface area contributed by atoms with Gasteiger partial charge in [0.2, 0.25) is 0 Å². The lowest BCUT2D eigenvalue weighted by molar-refractivity contribution is -0.140. The standard InChI is InChI=1S/C12H23NO4S/c1-3-7-13-11(10-4-5-10)9-18(15,16)8-6-12(14)17-2/h10-11,13H,3-9H2,1-2H3. The van der Waals surface area contributed by atoms with Gasteiger partial charge < -0.3 is 10.1 Å². The number of carbonyl (C=O) groups is 1. The van der Waals surface area contributed by atoms with Crippen LogP contribution in [0.25, 0.3) is 0 Å². The van der Waals surface area contributed by atoms with Crippen molar-refractivity contribution in [2.45, 2.75) is 38.6 Å². The minimum absolute atomic E-state index is 0.0487. The van der Waals surface area contributed by atoms with E-state index in [0.717, 1.165) is 25.8 Å². The number of rotatable bonds is 9. The molecule has 106 valence electrons. The van der Waals surface area contributed by atoms with Crippen LogP contribution in [0.15, 0.2) is 0 Å². The average molecular weight is 277 g/mol. The van der Waals surface area contributed by atoms with Crippen LogP contribution in [0.3, 0.4) is 0 Å². The van der Waals surface area contributed by atoms with Gasteiger partial charge in [0.1, 0.15) is 0 Å². The molecule has 1 aliphatic carbocycles. The first-order valence-corrected chi connectivity index (χ1v) is 8.31. The molecule has 0 heterocycles. The van der Waals surface area contributed by atoms with Crippen molar-refractivity contribution in [3.63, 3.8) is 0 Å². The Morgan fingerprint density at radius 1 is 1.44 bits per heavy atom. The van der Waals surface area contributed by atoms with Gasteiger partial charge >= 0.3 is 5.97 Å². The highest BCUT2D eigenvalue weighted by molar-refractivity contribution is 7.91. The smallest absolute Gasteiger partial charge is 0.306 e. The first-order chi connectivity index (χ1) is 8.48. The summed E-state index contributed by atoms with van der Waals surface area (Å²) in [5, 5.41) is 3.29. The van der Waals surface area contributed by atoms with Gasteiger partial charge in [-0.15, -0.1) is 0 Å². The molecule has 0 saturated heterocycles. The van der Waals surface area contributed by atoms with Gasteiger partial charge in [-0.25, -0.2) is 8.42 Å². The van der Waals surface area contributed by atoms with Crippen molar-refractivity contribution >= 4 is 15.8 Å². The van der Waals surface area contributed by atoms with Gasteiger partial charge in [-0.1, -0.05) is 6.92 Å². The molecule has 6 heteroatoms. The molecule has 1 saturated carbocycles. The molecule has 0 aromatic heterocycles. The molecule has 0 amide bonds. The third-order valence-corrected chi connectivity index (χ3v) is 4.82. The van der Waals surface area contributed by atoms with Gasteiger partial charge in [-0.3, -0.25) is 4.79 Å². The van der Waals surface area contributed by atoms with Crippen LogP contribution in [-0.2, 0) is 19.4 Å². The summed E-state index contributed by atoms with van der Waals surface area (Å²) < 4.78 is 28.3. The predicted octanol–water partition coefficient (Wildman–Crippen LogP) is 0.742. The SMILES string of the molecule is CCCNC(CS(=O)(=O)CCC(=O)OC)C1CC1. The van der Waals surface area contributed by atoms with Gasteiger partial charge in [0.05, 0.1) is 25.0 Å². The maximum Gasteiger partial charge on any atom is 0.306 e. The molecule has 5 nitrogen and oxygen atoms in total. The molecule has 1 N–H and O–H groups in total. The van der Waals surface area contributed by atoms with Crippen molar-refractivity contribution in [3.8, 4) is 0 Å². The van der Waals surface area contributed by atoms with E-state index in [-0.39, 0.29) is 24.0 Å². The summed E-state index contributed by atoms with van der Waals surface area (Å²) in [6.07, 6.45) is 3.15. The number of hydrogen-bond acceptors (Lipinski definition) is 5. The van der Waals surface area contributed by atoms with Crippen LogP contribution in [0.4, 0.5) is 0 Å². The predicted molar refractivity (Wildman–Crippen MR) is 70.1 cm³/mol. The number of nitrogens with one attached hydrogen (secondary N) is 1. The van der Waals surface area contributed by atoms with E-state index in [4.69, 9.17) is 0 Å². The summed E-state index contributed by atoms with van der Waals surface area (Å²) in [5.41, 5.74) is 0. The van der Waals surface area contributed by atoms with Crippen LogP contribution in [0.2, 0.25) is 0 Å². The molecular weight excluding hydrogens is 254 g/mol. The zero-order valence-corrected chi connectivity index (χ0v) is 12.0. The Balaban J connectivity index is 2.43. The van der Waals surface area contributed by atoms with Gasteiger partial charge in [-0.2, -0.15) is 0 Å². The maximum atomic E-state index is 11.9. The Morgan fingerprint density at radius 3 is 2.61 bits per heavy atom. The Hall–Kier alpha value is -0.620. The summed E-state index contributed by atoms with van der Waals surface area (Å²) >= 11 is 0. The second-order valence-corrected chi connectivity index (χ2v) is 7.07. The van der Waals surface area contributed by atoms with E-state index in [1.165, 1.54) is 7.11 Å². The quantitative estimate of drug-likeness (QED) is 0.629. The number of ether oxygens (including phenoxy) is 1. The first kappa shape index (κ1) is 15.4. The van der Waals surface area contributed by atoms with Crippen LogP contribution in [0, 0.1) is 5.92 Å². The van der Waals surface area contributed by atoms with E-state index in [1.807, 2.05) is 0 Å². The van der Waals surface area contributed by atoms with Gasteiger partial charge in [-0.05, 0) is 31.7 Å². The third-order valence-electron chi connectivity index (χ3n) is 3.13. The van der Waals surface area contributed by atoms with E-state index in [2.05, 4.69) is 17.0 Å². The molecule has 1 atom stereocenters. The van der Waals surface area contributed by atoms with Gasteiger partial charge in [0.25, 0.3) is 0 Å². The summed E-state index contributed by atoms with van der Waals surface area (Å²) in [6.45, 7) is 2.90. The van der Waals surface area contributed by atoms with Crippen LogP contribution < -0.4 is 5.32 Å². The summed E-state index contributed by atoms with van der Waals surface area (Å²) in [4.78, 5) is 11.0. The number of sulfone groups is 1. The summed E-state index contributed by atoms with van der Waals surface area (Å²) in [6, 6.07) is 0.0487. The van der Waals surface area contributed by atoms with E-state index < -0.39 is 15.8 Å². The molecule has 0 bridgehead atoms. The normalized spacial score (nSPS) is 17.4. The highest BCUT2D eigenvalue weighted by Gasteiger charge is 2.33. The fraction of sp³-hybridized carbons (Fsp3) is 0.917. The van der Waals surface area contributed by atoms with Crippen molar-refractivity contribution in [2.24, 2.45) is 5.92 Å². The molecule has 0 aromatic rings. The Labute approximate surface area is 109 Å². The van der Waals surface area contributed by atoms with Crippen LogP contribution in [0.1, 0.15) is 32.6 Å². The molecule has 1 aliphatic rings. The molecular formula is C12H23NO4S. The van der Waals surface area contributed by atoms with Crippen molar-refractivity contribution in [3.05, 3.63) is 0 Å². The Morgan fingerprint density at radius 2 is 2.11 bits per heavy atom. The summed E-state index contributed by atoms with van der Waals surface area (Å²) in [7, 11) is -1.92. The van der Waals surface area contributed by atoms with Crippen molar-refractivity contribution in [1.29, 1.82) is 0 Å². The molecule has 0 aliphatic heterocycles. The second-order valence-electron chi connectivity index (χ2n) is 4.84. The zero-order chi connectivity index (χ0) is 13.6. The average Bonchev–Trinajstić information content (AvgIpc) is 3.15. The lowest BCUT2D eigenvalue weighted by Gasteiger charge is -2.17. The third kappa shape index (κ3) is 5.82. The van der Waals surface area contributed by atoms with Crippen molar-refractivity contribution in [1.82, 2.24) is 5.32 Å². The summed E-state index contributed by atoms with van der Waals surface area (Å²) in [5.74, 6) is 0.0401. The highest BCUT2D eigenvalue weighted by atomic mass is 32.2.